The van der Waals surface area contributed by atoms with Crippen molar-refractivity contribution in [2.75, 3.05) is 18.0 Å². The Kier molecular flexibility index (Phi) is 3.24. The molecule has 5 rings (SSSR count). The van der Waals surface area contributed by atoms with E-state index in [1.807, 2.05) is 0 Å². The Morgan fingerprint density at radius 1 is 0.640 bits per heavy atom. The van der Waals surface area contributed by atoms with E-state index in [9.17, 15) is 4.79 Å². The third-order valence-electron chi connectivity index (χ3n) is 5.34. The summed E-state index contributed by atoms with van der Waals surface area (Å²) in [5.41, 5.74) is 1.25. The zero-order chi connectivity index (χ0) is 16.8. The lowest BCUT2D eigenvalue weighted by atomic mass is 9.98. The van der Waals surface area contributed by atoms with Crippen molar-refractivity contribution in [2.24, 2.45) is 0 Å². The standard InChI is InChI=1S/C23H19NO/c25-21-8-10-24(11-9-21)23-7-3-6-18-14-19-12-16-4-1-2-5-17(16)13-20(19)15-22(18)23/h1-7,12-15H,8-11H2. The summed E-state index contributed by atoms with van der Waals surface area (Å²) < 4.78 is 0. The molecule has 25 heavy (non-hydrogen) atoms. The van der Waals surface area contributed by atoms with Crippen LogP contribution < -0.4 is 4.90 Å². The lowest BCUT2D eigenvalue weighted by Gasteiger charge is -2.29. The predicted molar refractivity (Wildman–Crippen MR) is 105 cm³/mol. The summed E-state index contributed by atoms with van der Waals surface area (Å²) in [5.74, 6) is 0.383. The molecule has 4 aromatic carbocycles. The number of ketones is 1. The largest absolute Gasteiger partial charge is 0.370 e. The van der Waals surface area contributed by atoms with E-state index < -0.39 is 0 Å². The second kappa shape index (κ2) is 5.59. The van der Waals surface area contributed by atoms with Crippen molar-refractivity contribution in [3.8, 4) is 0 Å². The number of benzene rings is 4. The first-order chi connectivity index (χ1) is 12.3. The molecular weight excluding hydrogens is 306 g/mol. The fourth-order valence-electron chi connectivity index (χ4n) is 3.97. The maximum atomic E-state index is 11.6. The summed E-state index contributed by atoms with van der Waals surface area (Å²) in [6, 6.07) is 24.2. The molecule has 0 aliphatic carbocycles. The number of hydrogen-bond acceptors (Lipinski definition) is 2. The number of fused-ring (bicyclic) bond motifs is 3. The fourth-order valence-corrected chi connectivity index (χ4v) is 3.97. The quantitative estimate of drug-likeness (QED) is 0.442. The molecule has 0 N–H and O–H groups in total. The third-order valence-corrected chi connectivity index (χ3v) is 5.34. The SMILES string of the molecule is O=C1CCN(c2cccc3cc4cc5ccccc5cc4cc23)CC1. The van der Waals surface area contributed by atoms with Crippen LogP contribution in [0.5, 0.6) is 0 Å². The molecule has 122 valence electrons. The van der Waals surface area contributed by atoms with Crippen molar-refractivity contribution in [1.82, 2.24) is 0 Å². The molecule has 0 unspecified atom stereocenters. The molecular formula is C23H19NO. The van der Waals surface area contributed by atoms with Gasteiger partial charge in [0.2, 0.25) is 0 Å². The van der Waals surface area contributed by atoms with Crippen LogP contribution >= 0.6 is 0 Å². The van der Waals surface area contributed by atoms with Crippen molar-refractivity contribution in [2.45, 2.75) is 12.8 Å². The van der Waals surface area contributed by atoms with Crippen LogP contribution in [0.25, 0.3) is 32.3 Å². The van der Waals surface area contributed by atoms with Crippen LogP contribution in [-0.2, 0) is 4.79 Å². The average molecular weight is 325 g/mol. The number of carbonyl (C=O) groups is 1. The minimum absolute atomic E-state index is 0.383. The van der Waals surface area contributed by atoms with Crippen LogP contribution in [0.1, 0.15) is 12.8 Å². The minimum atomic E-state index is 0.383. The Hall–Kier alpha value is -2.87. The van der Waals surface area contributed by atoms with Gasteiger partial charge in [0.25, 0.3) is 0 Å². The van der Waals surface area contributed by atoms with Gasteiger partial charge in [-0.2, -0.15) is 0 Å². The fraction of sp³-hybridized carbons (Fsp3) is 0.174. The second-order valence-corrected chi connectivity index (χ2v) is 6.92. The Morgan fingerprint density at radius 3 is 1.96 bits per heavy atom. The maximum Gasteiger partial charge on any atom is 0.136 e. The van der Waals surface area contributed by atoms with Crippen molar-refractivity contribution in [1.29, 1.82) is 0 Å². The summed E-state index contributed by atoms with van der Waals surface area (Å²) >= 11 is 0. The van der Waals surface area contributed by atoms with E-state index in [1.165, 1.54) is 38.0 Å². The molecule has 0 amide bonds. The summed E-state index contributed by atoms with van der Waals surface area (Å²) in [6.07, 6.45) is 1.32. The molecule has 0 aromatic heterocycles. The minimum Gasteiger partial charge on any atom is -0.370 e. The van der Waals surface area contributed by atoms with Crippen molar-refractivity contribution >= 4 is 43.8 Å². The van der Waals surface area contributed by atoms with Crippen LogP contribution in [0.3, 0.4) is 0 Å². The second-order valence-electron chi connectivity index (χ2n) is 6.92. The molecule has 1 fully saturated rings. The molecule has 2 heteroatoms. The van der Waals surface area contributed by atoms with Crippen LogP contribution in [-0.4, -0.2) is 18.9 Å². The van der Waals surface area contributed by atoms with Crippen molar-refractivity contribution < 1.29 is 4.79 Å². The molecule has 0 spiro atoms. The Bertz CT molecular complexity index is 1120. The number of piperidine rings is 1. The van der Waals surface area contributed by atoms with Crippen LogP contribution in [0.15, 0.2) is 66.7 Å². The zero-order valence-electron chi connectivity index (χ0n) is 14.0. The van der Waals surface area contributed by atoms with E-state index >= 15 is 0 Å². The van der Waals surface area contributed by atoms with Gasteiger partial charge in [-0.3, -0.25) is 4.79 Å². The molecule has 4 aromatic rings. The monoisotopic (exact) mass is 325 g/mol. The molecule has 0 bridgehead atoms. The van der Waals surface area contributed by atoms with Gasteiger partial charge in [0, 0.05) is 37.0 Å². The maximum absolute atomic E-state index is 11.6. The van der Waals surface area contributed by atoms with Gasteiger partial charge in [-0.05, 0) is 57.3 Å². The first-order valence-corrected chi connectivity index (χ1v) is 8.90. The number of carbonyl (C=O) groups excluding carboxylic acids is 1. The molecule has 1 aliphatic heterocycles. The first-order valence-electron chi connectivity index (χ1n) is 8.90. The van der Waals surface area contributed by atoms with E-state index in [2.05, 4.69) is 71.6 Å². The van der Waals surface area contributed by atoms with Gasteiger partial charge in [0.1, 0.15) is 5.78 Å². The van der Waals surface area contributed by atoms with Gasteiger partial charge in [-0.25, -0.2) is 0 Å². The molecule has 1 aliphatic rings. The lowest BCUT2D eigenvalue weighted by molar-refractivity contribution is -0.119. The Balaban J connectivity index is 1.72. The summed E-state index contributed by atoms with van der Waals surface area (Å²) in [5, 5.41) is 7.64. The third kappa shape index (κ3) is 2.45. The van der Waals surface area contributed by atoms with Gasteiger partial charge < -0.3 is 4.90 Å². The molecule has 2 nitrogen and oxygen atoms in total. The van der Waals surface area contributed by atoms with Crippen molar-refractivity contribution in [3.63, 3.8) is 0 Å². The van der Waals surface area contributed by atoms with Crippen molar-refractivity contribution in [3.05, 3.63) is 66.7 Å². The van der Waals surface area contributed by atoms with E-state index in [1.54, 1.807) is 0 Å². The van der Waals surface area contributed by atoms with E-state index in [0.29, 0.717) is 18.6 Å². The number of nitrogens with zero attached hydrogens (tertiary/aromatic N) is 1. The average Bonchev–Trinajstić information content (AvgIpc) is 2.65. The summed E-state index contributed by atoms with van der Waals surface area (Å²) in [6.45, 7) is 1.65. The van der Waals surface area contributed by atoms with E-state index in [0.717, 1.165) is 13.1 Å². The predicted octanol–water partition coefficient (Wildman–Crippen LogP) is 5.32. The molecule has 1 saturated heterocycles. The number of rotatable bonds is 1. The van der Waals surface area contributed by atoms with Gasteiger partial charge in [-0.15, -0.1) is 0 Å². The Morgan fingerprint density at radius 2 is 1.24 bits per heavy atom. The van der Waals surface area contributed by atoms with Gasteiger partial charge >= 0.3 is 0 Å². The Labute approximate surface area is 146 Å². The van der Waals surface area contributed by atoms with Gasteiger partial charge in [0.15, 0.2) is 0 Å². The number of anilines is 1. The number of Topliss-reactive ketones (excluding diaryl/α,β-unsaturated/α-hetero) is 1. The van der Waals surface area contributed by atoms with Gasteiger partial charge in [-0.1, -0.05) is 36.4 Å². The molecule has 0 saturated carbocycles. The highest BCUT2D eigenvalue weighted by atomic mass is 16.1. The highest BCUT2D eigenvalue weighted by molar-refractivity contribution is 6.08. The molecule has 0 atom stereocenters. The zero-order valence-corrected chi connectivity index (χ0v) is 14.0. The topological polar surface area (TPSA) is 20.3 Å². The van der Waals surface area contributed by atoms with Gasteiger partial charge in [0.05, 0.1) is 0 Å². The van der Waals surface area contributed by atoms with Crippen LogP contribution in [0.2, 0.25) is 0 Å². The smallest absolute Gasteiger partial charge is 0.136 e. The van der Waals surface area contributed by atoms with E-state index in [-0.39, 0.29) is 0 Å². The normalized spacial score (nSPS) is 15.4. The van der Waals surface area contributed by atoms with Crippen LogP contribution in [0.4, 0.5) is 5.69 Å². The summed E-state index contributed by atoms with van der Waals surface area (Å²) in [7, 11) is 0. The van der Waals surface area contributed by atoms with E-state index in [4.69, 9.17) is 0 Å². The number of hydrogen-bond donors (Lipinski definition) is 0. The highest BCUT2D eigenvalue weighted by Gasteiger charge is 2.18. The lowest BCUT2D eigenvalue weighted by Crippen LogP contribution is -2.33. The highest BCUT2D eigenvalue weighted by Crippen LogP contribution is 2.33. The first kappa shape index (κ1) is 14.5. The van der Waals surface area contributed by atoms with Crippen LogP contribution in [0, 0.1) is 0 Å². The molecule has 1 heterocycles. The summed E-state index contributed by atoms with van der Waals surface area (Å²) in [4.78, 5) is 13.9. The molecule has 0 radical (unpaired) electrons.